The van der Waals surface area contributed by atoms with Crippen molar-refractivity contribution in [3.05, 3.63) is 48.0 Å². The molecule has 0 saturated carbocycles. The largest absolute Gasteiger partial charge is 0.490 e. The van der Waals surface area contributed by atoms with E-state index in [1.165, 1.54) is 12.8 Å². The second-order valence-electron chi connectivity index (χ2n) is 8.62. The zero-order valence-electron chi connectivity index (χ0n) is 18.5. The van der Waals surface area contributed by atoms with E-state index in [2.05, 4.69) is 41.5 Å². The van der Waals surface area contributed by atoms with Crippen molar-refractivity contribution in [2.75, 3.05) is 43.1 Å². The minimum atomic E-state index is -0.0355. The first-order valence-corrected chi connectivity index (χ1v) is 11.4. The van der Waals surface area contributed by atoms with Gasteiger partial charge in [-0.25, -0.2) is 0 Å². The van der Waals surface area contributed by atoms with Crippen molar-refractivity contribution in [3.8, 4) is 11.5 Å². The minimum Gasteiger partial charge on any atom is -0.490 e. The van der Waals surface area contributed by atoms with E-state index in [1.54, 1.807) is 0 Å². The first kappa shape index (κ1) is 21.5. The summed E-state index contributed by atoms with van der Waals surface area (Å²) in [7, 11) is 0. The molecule has 166 valence electrons. The molecule has 2 aromatic rings. The van der Waals surface area contributed by atoms with E-state index in [4.69, 9.17) is 9.47 Å². The molecule has 1 atom stereocenters. The Bertz CT molecular complexity index is 893. The summed E-state index contributed by atoms with van der Waals surface area (Å²) in [6, 6.07) is 14.2. The van der Waals surface area contributed by atoms with Gasteiger partial charge >= 0.3 is 0 Å². The lowest BCUT2D eigenvalue weighted by Crippen LogP contribution is -2.34. The third kappa shape index (κ3) is 5.31. The normalized spacial score (nSPS) is 16.8. The van der Waals surface area contributed by atoms with Gasteiger partial charge in [0.05, 0.1) is 31.1 Å². The van der Waals surface area contributed by atoms with Crippen molar-refractivity contribution in [3.63, 3.8) is 0 Å². The van der Waals surface area contributed by atoms with Crippen LogP contribution in [-0.2, 0) is 4.79 Å². The maximum Gasteiger partial charge on any atom is 0.238 e. The van der Waals surface area contributed by atoms with Gasteiger partial charge in [0, 0.05) is 25.6 Å². The fourth-order valence-corrected chi connectivity index (χ4v) is 4.32. The number of benzene rings is 2. The Labute approximate surface area is 184 Å². The van der Waals surface area contributed by atoms with E-state index in [0.717, 1.165) is 47.9 Å². The molecular formula is C25H33N3O3. The van der Waals surface area contributed by atoms with Crippen molar-refractivity contribution in [2.24, 2.45) is 5.92 Å². The predicted octanol–water partition coefficient (Wildman–Crippen LogP) is 4.37. The third-order valence-electron chi connectivity index (χ3n) is 5.90. The van der Waals surface area contributed by atoms with Crippen LogP contribution in [0.5, 0.6) is 11.5 Å². The molecule has 2 N–H and O–H groups in total. The SMILES string of the molecule is CC(C)[C@@H](NCC(=O)Nc1ccccc1N1CCCC1)c1ccc2c(c1)OCCCO2. The van der Waals surface area contributed by atoms with Crippen LogP contribution in [0, 0.1) is 5.92 Å². The molecule has 1 amide bonds. The molecule has 1 fully saturated rings. The molecule has 0 spiro atoms. The van der Waals surface area contributed by atoms with Crippen molar-refractivity contribution in [1.82, 2.24) is 5.32 Å². The van der Waals surface area contributed by atoms with Gasteiger partial charge in [0.15, 0.2) is 11.5 Å². The number of carbonyl (C=O) groups is 1. The summed E-state index contributed by atoms with van der Waals surface area (Å²) >= 11 is 0. The highest BCUT2D eigenvalue weighted by Gasteiger charge is 2.21. The summed E-state index contributed by atoms with van der Waals surface area (Å²) in [5, 5.41) is 6.55. The number of hydrogen-bond acceptors (Lipinski definition) is 5. The van der Waals surface area contributed by atoms with Gasteiger partial charge in [-0.15, -0.1) is 0 Å². The number of anilines is 2. The molecular weight excluding hydrogens is 390 g/mol. The summed E-state index contributed by atoms with van der Waals surface area (Å²) in [6.07, 6.45) is 3.29. The molecule has 2 aromatic carbocycles. The maximum absolute atomic E-state index is 12.8. The third-order valence-corrected chi connectivity index (χ3v) is 5.90. The van der Waals surface area contributed by atoms with Gasteiger partial charge in [0.2, 0.25) is 5.91 Å². The Balaban J connectivity index is 1.41. The van der Waals surface area contributed by atoms with Crippen LogP contribution in [0.3, 0.4) is 0 Å². The summed E-state index contributed by atoms with van der Waals surface area (Å²) in [6.45, 7) is 7.98. The maximum atomic E-state index is 12.8. The van der Waals surface area contributed by atoms with E-state index in [9.17, 15) is 4.79 Å². The number of hydrogen-bond donors (Lipinski definition) is 2. The molecule has 2 heterocycles. The van der Waals surface area contributed by atoms with Gasteiger partial charge in [-0.1, -0.05) is 32.0 Å². The number of carbonyl (C=O) groups excluding carboxylic acids is 1. The molecule has 0 bridgehead atoms. The smallest absolute Gasteiger partial charge is 0.238 e. The predicted molar refractivity (Wildman–Crippen MR) is 124 cm³/mol. The Morgan fingerprint density at radius 3 is 2.52 bits per heavy atom. The first-order chi connectivity index (χ1) is 15.1. The summed E-state index contributed by atoms with van der Waals surface area (Å²) in [5.74, 6) is 1.85. The monoisotopic (exact) mass is 423 g/mol. The number of nitrogens with zero attached hydrogens (tertiary/aromatic N) is 1. The van der Waals surface area contributed by atoms with Crippen LogP contribution in [0.25, 0.3) is 0 Å². The van der Waals surface area contributed by atoms with Crippen LogP contribution in [0.1, 0.15) is 44.7 Å². The molecule has 0 unspecified atom stereocenters. The molecule has 4 rings (SSSR count). The van der Waals surface area contributed by atoms with Crippen LogP contribution in [-0.4, -0.2) is 38.8 Å². The number of ether oxygens (including phenoxy) is 2. The standard InChI is InChI=1S/C25H33N3O3/c1-18(2)25(19-10-11-22-23(16-19)31-15-7-14-30-22)26-17-24(29)27-20-8-3-4-9-21(20)28-12-5-6-13-28/h3-4,8-11,16,18,25-26H,5-7,12-15,17H2,1-2H3,(H,27,29)/t25-/m1/s1. The van der Waals surface area contributed by atoms with Crippen LogP contribution < -0.4 is 25.0 Å². The van der Waals surface area contributed by atoms with E-state index >= 15 is 0 Å². The van der Waals surface area contributed by atoms with Crippen LogP contribution >= 0.6 is 0 Å². The average Bonchev–Trinajstić information content (AvgIpc) is 3.19. The van der Waals surface area contributed by atoms with Gasteiger partial charge in [-0.2, -0.15) is 0 Å². The number of para-hydroxylation sites is 2. The number of rotatable bonds is 7. The minimum absolute atomic E-state index is 0.0355. The van der Waals surface area contributed by atoms with E-state index in [0.29, 0.717) is 19.1 Å². The van der Waals surface area contributed by atoms with Gasteiger partial charge in [0.1, 0.15) is 0 Å². The zero-order valence-corrected chi connectivity index (χ0v) is 18.5. The van der Waals surface area contributed by atoms with E-state index < -0.39 is 0 Å². The first-order valence-electron chi connectivity index (χ1n) is 11.4. The molecule has 1 saturated heterocycles. The molecule has 6 heteroatoms. The van der Waals surface area contributed by atoms with Crippen LogP contribution in [0.2, 0.25) is 0 Å². The molecule has 0 aromatic heterocycles. The Kier molecular flexibility index (Phi) is 6.97. The van der Waals surface area contributed by atoms with Crippen molar-refractivity contribution < 1.29 is 14.3 Å². The molecule has 0 radical (unpaired) electrons. The lowest BCUT2D eigenvalue weighted by atomic mass is 9.95. The summed E-state index contributed by atoms with van der Waals surface area (Å²) in [4.78, 5) is 15.1. The molecule has 2 aliphatic heterocycles. The van der Waals surface area contributed by atoms with Gasteiger partial charge in [0.25, 0.3) is 0 Å². The van der Waals surface area contributed by atoms with Crippen molar-refractivity contribution in [1.29, 1.82) is 0 Å². The second kappa shape index (κ2) is 10.1. The Morgan fingerprint density at radius 1 is 1.00 bits per heavy atom. The fraction of sp³-hybridized carbons (Fsp3) is 0.480. The second-order valence-corrected chi connectivity index (χ2v) is 8.62. The molecule has 0 aliphatic carbocycles. The highest BCUT2D eigenvalue weighted by atomic mass is 16.5. The van der Waals surface area contributed by atoms with Crippen molar-refractivity contribution in [2.45, 2.75) is 39.2 Å². The highest BCUT2D eigenvalue weighted by molar-refractivity contribution is 5.95. The summed E-state index contributed by atoms with van der Waals surface area (Å²) in [5.41, 5.74) is 3.09. The Hall–Kier alpha value is -2.73. The van der Waals surface area contributed by atoms with E-state index in [1.807, 2.05) is 30.3 Å². The van der Waals surface area contributed by atoms with E-state index in [-0.39, 0.29) is 18.5 Å². The number of fused-ring (bicyclic) bond motifs is 1. The van der Waals surface area contributed by atoms with Gasteiger partial charge < -0.3 is 25.0 Å². The average molecular weight is 424 g/mol. The number of amides is 1. The lowest BCUT2D eigenvalue weighted by Gasteiger charge is -2.24. The molecule has 31 heavy (non-hydrogen) atoms. The topological polar surface area (TPSA) is 62.8 Å². The quantitative estimate of drug-likeness (QED) is 0.692. The van der Waals surface area contributed by atoms with Crippen LogP contribution in [0.15, 0.2) is 42.5 Å². The molecule has 6 nitrogen and oxygen atoms in total. The van der Waals surface area contributed by atoms with Gasteiger partial charge in [-0.3, -0.25) is 4.79 Å². The fourth-order valence-electron chi connectivity index (χ4n) is 4.32. The van der Waals surface area contributed by atoms with Gasteiger partial charge in [-0.05, 0) is 48.6 Å². The Morgan fingerprint density at radius 2 is 1.74 bits per heavy atom. The lowest BCUT2D eigenvalue weighted by molar-refractivity contribution is -0.115. The molecule has 2 aliphatic rings. The number of nitrogens with one attached hydrogen (secondary N) is 2. The zero-order chi connectivity index (χ0) is 21.6. The van der Waals surface area contributed by atoms with Crippen LogP contribution in [0.4, 0.5) is 11.4 Å². The summed E-state index contributed by atoms with van der Waals surface area (Å²) < 4.78 is 11.6. The van der Waals surface area contributed by atoms with Crippen molar-refractivity contribution >= 4 is 17.3 Å². The highest BCUT2D eigenvalue weighted by Crippen LogP contribution is 2.34.